The standard InChI is InChI=1S/C23H30F2N6O4S/c1-2-7-36-23-27-21(26-15-9-12(15)11-3-4-13(24)14(25)8-11)18-22(28-23)31(30-29-18)16-10-17(35-6-5-32)20(34)19(16)33/h3-4,8,12,15-17,19-20,29-30,32-34H,2,5-7,9-10H2,1H3,(H,26,27,28)/t12-,15+,16-,17+,19+,20-/m0/s1. The monoisotopic (exact) mass is 524 g/mol. The zero-order valence-electron chi connectivity index (χ0n) is 19.7. The molecule has 0 unspecified atom stereocenters. The van der Waals surface area contributed by atoms with Crippen LogP contribution < -0.4 is 21.3 Å². The maximum absolute atomic E-state index is 13.7. The molecule has 2 aliphatic carbocycles. The highest BCUT2D eigenvalue weighted by Crippen LogP contribution is 2.46. The average Bonchev–Trinajstić information content (AvgIpc) is 3.41. The number of benzene rings is 1. The third-order valence-corrected chi connectivity index (χ3v) is 7.73. The molecular formula is C23H30F2N6O4S. The predicted octanol–water partition coefficient (Wildman–Crippen LogP) is 1.75. The summed E-state index contributed by atoms with van der Waals surface area (Å²) in [6.45, 7) is 1.95. The van der Waals surface area contributed by atoms with Crippen molar-refractivity contribution in [3.8, 4) is 0 Å². The zero-order valence-corrected chi connectivity index (χ0v) is 20.5. The Balaban J connectivity index is 1.37. The van der Waals surface area contributed by atoms with Crippen LogP contribution >= 0.6 is 11.8 Å². The van der Waals surface area contributed by atoms with Crippen molar-refractivity contribution in [2.45, 2.75) is 67.7 Å². The minimum atomic E-state index is -1.11. The first kappa shape index (κ1) is 25.4. The van der Waals surface area contributed by atoms with Gasteiger partial charge in [0.1, 0.15) is 17.9 Å². The van der Waals surface area contributed by atoms with Gasteiger partial charge in [0.15, 0.2) is 28.4 Å². The van der Waals surface area contributed by atoms with Crippen molar-refractivity contribution in [3.63, 3.8) is 0 Å². The summed E-state index contributed by atoms with van der Waals surface area (Å²) >= 11 is 1.51. The first-order valence-electron chi connectivity index (χ1n) is 12.1. The molecule has 0 bridgehead atoms. The van der Waals surface area contributed by atoms with Crippen LogP contribution in [0.2, 0.25) is 0 Å². The van der Waals surface area contributed by atoms with Gasteiger partial charge in [-0.3, -0.25) is 10.4 Å². The second-order valence-corrected chi connectivity index (χ2v) is 10.3. The molecule has 2 heterocycles. The maximum atomic E-state index is 13.7. The van der Waals surface area contributed by atoms with Gasteiger partial charge in [0.2, 0.25) is 0 Å². The number of thioether (sulfide) groups is 1. The number of anilines is 3. The lowest BCUT2D eigenvalue weighted by molar-refractivity contribution is -0.0617. The number of aliphatic hydroxyl groups is 3. The Morgan fingerprint density at radius 1 is 1.19 bits per heavy atom. The molecular weight excluding hydrogens is 494 g/mol. The van der Waals surface area contributed by atoms with E-state index in [-0.39, 0.29) is 25.2 Å². The predicted molar refractivity (Wildman–Crippen MR) is 131 cm³/mol. The number of halogens is 2. The molecule has 5 rings (SSSR count). The molecule has 6 N–H and O–H groups in total. The highest BCUT2D eigenvalue weighted by Gasteiger charge is 2.48. The van der Waals surface area contributed by atoms with Gasteiger partial charge in [-0.05, 0) is 30.5 Å². The van der Waals surface area contributed by atoms with Crippen LogP contribution in [0, 0.1) is 11.6 Å². The number of nitrogens with zero attached hydrogens (tertiary/aromatic N) is 3. The lowest BCUT2D eigenvalue weighted by Gasteiger charge is -2.27. The molecule has 13 heteroatoms. The van der Waals surface area contributed by atoms with Crippen molar-refractivity contribution >= 4 is 29.1 Å². The van der Waals surface area contributed by atoms with E-state index < -0.39 is 36.0 Å². The fraction of sp³-hybridized carbons (Fsp3) is 0.565. The molecule has 2 fully saturated rings. The van der Waals surface area contributed by atoms with E-state index in [2.05, 4.69) is 28.2 Å². The zero-order chi connectivity index (χ0) is 25.4. The van der Waals surface area contributed by atoms with Crippen LogP contribution in [0.4, 0.5) is 26.1 Å². The van der Waals surface area contributed by atoms with E-state index in [0.717, 1.165) is 30.2 Å². The summed E-state index contributed by atoms with van der Waals surface area (Å²) in [7, 11) is 0. The molecule has 2 saturated carbocycles. The minimum Gasteiger partial charge on any atom is -0.394 e. The Morgan fingerprint density at radius 2 is 2.03 bits per heavy atom. The molecule has 0 spiro atoms. The van der Waals surface area contributed by atoms with E-state index in [1.807, 2.05) is 0 Å². The van der Waals surface area contributed by atoms with E-state index >= 15 is 0 Å². The van der Waals surface area contributed by atoms with Gasteiger partial charge in [-0.25, -0.2) is 18.7 Å². The molecule has 1 aromatic heterocycles. The summed E-state index contributed by atoms with van der Waals surface area (Å²) in [6.07, 6.45) is -0.832. The Hall–Kier alpha value is -2.29. The van der Waals surface area contributed by atoms with Gasteiger partial charge in [0.25, 0.3) is 0 Å². The van der Waals surface area contributed by atoms with Gasteiger partial charge in [-0.1, -0.05) is 24.8 Å². The molecule has 3 aliphatic rings. The van der Waals surface area contributed by atoms with Gasteiger partial charge >= 0.3 is 0 Å². The third-order valence-electron chi connectivity index (χ3n) is 6.67. The first-order chi connectivity index (χ1) is 17.4. The van der Waals surface area contributed by atoms with Crippen molar-refractivity contribution in [1.82, 2.24) is 15.5 Å². The Morgan fingerprint density at radius 3 is 2.78 bits per heavy atom. The molecule has 1 aliphatic heterocycles. The molecule has 36 heavy (non-hydrogen) atoms. The van der Waals surface area contributed by atoms with Crippen molar-refractivity contribution in [2.75, 3.05) is 34.7 Å². The van der Waals surface area contributed by atoms with Crippen molar-refractivity contribution in [3.05, 3.63) is 35.4 Å². The second-order valence-electron chi connectivity index (χ2n) is 9.19. The van der Waals surface area contributed by atoms with Crippen molar-refractivity contribution < 1.29 is 28.8 Å². The average molecular weight is 525 g/mol. The lowest BCUT2D eigenvalue weighted by Crippen LogP contribution is -2.49. The molecule has 196 valence electrons. The normalized spacial score (nSPS) is 28.8. The highest BCUT2D eigenvalue weighted by molar-refractivity contribution is 7.99. The topological polar surface area (TPSA) is 135 Å². The molecule has 6 atom stereocenters. The summed E-state index contributed by atoms with van der Waals surface area (Å²) < 4.78 is 32.6. The van der Waals surface area contributed by atoms with Crippen LogP contribution in [0.3, 0.4) is 0 Å². The number of aliphatic hydroxyl groups excluding tert-OH is 3. The van der Waals surface area contributed by atoms with Gasteiger partial charge in [-0.2, -0.15) is 0 Å². The Bertz CT molecular complexity index is 1100. The summed E-state index contributed by atoms with van der Waals surface area (Å²) in [5, 5.41) is 35.9. The van der Waals surface area contributed by atoms with Gasteiger partial charge < -0.3 is 25.4 Å². The minimum absolute atomic E-state index is 0.0103. The van der Waals surface area contributed by atoms with Crippen LogP contribution in [-0.2, 0) is 4.74 Å². The van der Waals surface area contributed by atoms with E-state index in [1.165, 1.54) is 17.8 Å². The third kappa shape index (κ3) is 4.95. The maximum Gasteiger partial charge on any atom is 0.191 e. The fourth-order valence-corrected chi connectivity index (χ4v) is 5.42. The van der Waals surface area contributed by atoms with E-state index in [9.17, 15) is 19.0 Å². The Kier molecular flexibility index (Phi) is 7.47. The van der Waals surface area contributed by atoms with E-state index in [4.69, 9.17) is 14.8 Å². The van der Waals surface area contributed by atoms with Crippen LogP contribution in [0.1, 0.15) is 37.7 Å². The van der Waals surface area contributed by atoms with Crippen molar-refractivity contribution in [1.29, 1.82) is 0 Å². The molecule has 0 radical (unpaired) electrons. The number of hydrogen-bond donors (Lipinski definition) is 6. The lowest BCUT2D eigenvalue weighted by atomic mass is 10.1. The summed E-state index contributed by atoms with van der Waals surface area (Å²) in [5.74, 6) is 0.203. The number of hydrazine groups is 2. The number of aromatic nitrogens is 2. The quantitative estimate of drug-likeness (QED) is 0.200. The van der Waals surface area contributed by atoms with Crippen LogP contribution in [0.15, 0.2) is 23.4 Å². The number of ether oxygens (including phenoxy) is 1. The smallest absolute Gasteiger partial charge is 0.191 e. The number of hydrogen-bond acceptors (Lipinski definition) is 11. The van der Waals surface area contributed by atoms with E-state index in [1.54, 1.807) is 11.1 Å². The number of nitrogens with one attached hydrogen (secondary N) is 3. The molecule has 0 amide bonds. The number of rotatable bonds is 10. The molecule has 0 saturated heterocycles. The molecule has 10 nitrogen and oxygen atoms in total. The summed E-state index contributed by atoms with van der Waals surface area (Å²) in [5.41, 5.74) is 7.42. The van der Waals surface area contributed by atoms with Crippen LogP contribution in [0.25, 0.3) is 0 Å². The van der Waals surface area contributed by atoms with Gasteiger partial charge in [0, 0.05) is 24.1 Å². The van der Waals surface area contributed by atoms with E-state index in [0.29, 0.717) is 28.9 Å². The molecule has 2 aromatic rings. The van der Waals surface area contributed by atoms with Crippen LogP contribution in [-0.4, -0.2) is 74.6 Å². The fourth-order valence-electron chi connectivity index (χ4n) is 4.72. The Labute approximate surface area is 211 Å². The number of fused-ring (bicyclic) bond motifs is 1. The SMILES string of the molecule is CCCSc1nc(N[C@@H]2C[C@H]2c2ccc(F)c(F)c2)c2c(n1)N([C@H]1C[C@@H](OCCO)[C@H](O)[C@@H]1O)NN2. The highest BCUT2D eigenvalue weighted by atomic mass is 32.2. The molecule has 1 aromatic carbocycles. The largest absolute Gasteiger partial charge is 0.394 e. The van der Waals surface area contributed by atoms with Crippen LogP contribution in [0.5, 0.6) is 0 Å². The van der Waals surface area contributed by atoms with Gasteiger partial charge in [0.05, 0.1) is 25.4 Å². The first-order valence-corrected chi connectivity index (χ1v) is 13.1. The second kappa shape index (κ2) is 10.6. The van der Waals surface area contributed by atoms with Crippen molar-refractivity contribution in [2.24, 2.45) is 0 Å². The van der Waals surface area contributed by atoms with Gasteiger partial charge in [-0.15, -0.1) is 5.53 Å². The summed E-state index contributed by atoms with van der Waals surface area (Å²) in [6, 6.07) is 3.42. The summed E-state index contributed by atoms with van der Waals surface area (Å²) in [4.78, 5) is 9.38.